The maximum absolute atomic E-state index is 10.5. The van der Waals surface area contributed by atoms with Gasteiger partial charge >= 0.3 is 0 Å². The van der Waals surface area contributed by atoms with Gasteiger partial charge in [-0.3, -0.25) is 4.79 Å². The summed E-state index contributed by atoms with van der Waals surface area (Å²) in [6, 6.07) is 6.70. The van der Waals surface area contributed by atoms with E-state index < -0.39 is 5.24 Å². The lowest BCUT2D eigenvalue weighted by molar-refractivity contribution is -0.111. The van der Waals surface area contributed by atoms with Gasteiger partial charge in [0, 0.05) is 6.42 Å². The zero-order chi connectivity index (χ0) is 9.68. The molecular formula is C9H6ClNO2. The van der Waals surface area contributed by atoms with Gasteiger partial charge in [0.15, 0.2) is 0 Å². The molecule has 4 heteroatoms. The summed E-state index contributed by atoms with van der Waals surface area (Å²) < 4.78 is 0. The molecule has 3 nitrogen and oxygen atoms in total. The molecule has 0 aliphatic carbocycles. The van der Waals surface area contributed by atoms with E-state index in [1.165, 1.54) is 6.08 Å². The number of carbonyl (C=O) groups is 1. The Morgan fingerprint density at radius 2 is 2.31 bits per heavy atom. The first-order valence-corrected chi connectivity index (χ1v) is 3.95. The minimum absolute atomic E-state index is 0.143. The standard InChI is InChI=1S/C9H6ClNO2/c10-9(13)5-7-2-1-3-8(4-7)11-6-12/h1-4H,5H2. The fraction of sp³-hybridized carbons (Fsp3) is 0.111. The molecule has 0 aromatic heterocycles. The summed E-state index contributed by atoms with van der Waals surface area (Å²) in [6.45, 7) is 0. The maximum Gasteiger partial charge on any atom is 0.240 e. The van der Waals surface area contributed by atoms with E-state index in [1.54, 1.807) is 24.3 Å². The van der Waals surface area contributed by atoms with Crippen LogP contribution in [0.1, 0.15) is 5.56 Å². The van der Waals surface area contributed by atoms with E-state index in [2.05, 4.69) is 4.99 Å². The molecule has 0 atom stereocenters. The van der Waals surface area contributed by atoms with Crippen LogP contribution in [0.2, 0.25) is 0 Å². The lowest BCUT2D eigenvalue weighted by Crippen LogP contribution is -1.92. The molecule has 0 aliphatic rings. The van der Waals surface area contributed by atoms with Crippen molar-refractivity contribution in [2.75, 3.05) is 0 Å². The molecule has 1 rings (SSSR count). The van der Waals surface area contributed by atoms with Gasteiger partial charge in [-0.2, -0.15) is 4.99 Å². The fourth-order valence-corrected chi connectivity index (χ4v) is 1.10. The van der Waals surface area contributed by atoms with Crippen molar-refractivity contribution < 1.29 is 9.59 Å². The zero-order valence-corrected chi connectivity index (χ0v) is 7.41. The number of nitrogens with zero attached hydrogens (tertiary/aromatic N) is 1. The number of isocyanates is 1. The highest BCUT2D eigenvalue weighted by Gasteiger charge is 1.99. The lowest BCUT2D eigenvalue weighted by atomic mass is 10.1. The minimum atomic E-state index is -0.438. The number of carbonyl (C=O) groups excluding carboxylic acids is 2. The number of benzene rings is 1. The van der Waals surface area contributed by atoms with Crippen molar-refractivity contribution in [2.24, 2.45) is 4.99 Å². The molecular weight excluding hydrogens is 190 g/mol. The molecule has 0 fully saturated rings. The number of hydrogen-bond acceptors (Lipinski definition) is 3. The third-order valence-electron chi connectivity index (χ3n) is 1.43. The fourth-order valence-electron chi connectivity index (χ4n) is 0.949. The van der Waals surface area contributed by atoms with Gasteiger partial charge in [-0.15, -0.1) is 0 Å². The van der Waals surface area contributed by atoms with Crippen molar-refractivity contribution in [3.63, 3.8) is 0 Å². The van der Waals surface area contributed by atoms with Crippen LogP contribution in [-0.2, 0) is 16.0 Å². The Kier molecular flexibility index (Phi) is 3.38. The van der Waals surface area contributed by atoms with Gasteiger partial charge in [0.1, 0.15) is 0 Å². The van der Waals surface area contributed by atoms with Crippen molar-refractivity contribution >= 4 is 28.6 Å². The highest BCUT2D eigenvalue weighted by Crippen LogP contribution is 2.14. The summed E-state index contributed by atoms with van der Waals surface area (Å²) in [6.07, 6.45) is 1.56. The van der Waals surface area contributed by atoms with Crippen LogP contribution in [-0.4, -0.2) is 11.3 Å². The highest BCUT2D eigenvalue weighted by molar-refractivity contribution is 6.63. The van der Waals surface area contributed by atoms with E-state index in [-0.39, 0.29) is 6.42 Å². The summed E-state index contributed by atoms with van der Waals surface area (Å²) in [7, 11) is 0. The summed E-state index contributed by atoms with van der Waals surface area (Å²) in [5.41, 5.74) is 1.21. The lowest BCUT2D eigenvalue weighted by Gasteiger charge is -1.96. The third kappa shape index (κ3) is 3.20. The molecule has 0 radical (unpaired) electrons. The third-order valence-corrected chi connectivity index (χ3v) is 1.56. The molecule has 0 unspecified atom stereocenters. The number of rotatable bonds is 3. The molecule has 66 valence electrons. The summed E-state index contributed by atoms with van der Waals surface area (Å²) in [4.78, 5) is 23.9. The SMILES string of the molecule is O=C=Nc1cccc(CC(=O)Cl)c1. The van der Waals surface area contributed by atoms with Crippen LogP contribution in [0, 0.1) is 0 Å². The van der Waals surface area contributed by atoms with E-state index in [0.717, 1.165) is 5.56 Å². The average molecular weight is 196 g/mol. The van der Waals surface area contributed by atoms with Crippen molar-refractivity contribution in [1.82, 2.24) is 0 Å². The van der Waals surface area contributed by atoms with Crippen LogP contribution in [0.4, 0.5) is 5.69 Å². The monoisotopic (exact) mass is 195 g/mol. The van der Waals surface area contributed by atoms with Gasteiger partial charge in [-0.25, -0.2) is 4.79 Å². The largest absolute Gasteiger partial charge is 0.281 e. The smallest absolute Gasteiger partial charge is 0.240 e. The van der Waals surface area contributed by atoms with Crippen LogP contribution in [0.5, 0.6) is 0 Å². The Labute approximate surface area is 80.0 Å². The second-order valence-electron chi connectivity index (χ2n) is 2.40. The topological polar surface area (TPSA) is 46.5 Å². The second-order valence-corrected chi connectivity index (χ2v) is 2.83. The molecule has 1 aromatic carbocycles. The average Bonchev–Trinajstić information content (AvgIpc) is 2.04. The number of aliphatic imine (C=N–C) groups is 1. The first kappa shape index (κ1) is 9.65. The Balaban J connectivity index is 2.91. The van der Waals surface area contributed by atoms with Crippen LogP contribution >= 0.6 is 11.6 Å². The van der Waals surface area contributed by atoms with Gasteiger partial charge < -0.3 is 0 Å². The minimum Gasteiger partial charge on any atom is -0.281 e. The van der Waals surface area contributed by atoms with E-state index in [9.17, 15) is 9.59 Å². The van der Waals surface area contributed by atoms with Crippen molar-refractivity contribution in [3.05, 3.63) is 29.8 Å². The molecule has 0 saturated heterocycles. The molecule has 0 saturated carbocycles. The molecule has 0 spiro atoms. The quantitative estimate of drug-likeness (QED) is 0.421. The first-order chi connectivity index (χ1) is 6.22. The van der Waals surface area contributed by atoms with Crippen LogP contribution in [0.3, 0.4) is 0 Å². The summed E-state index contributed by atoms with van der Waals surface area (Å²) >= 11 is 5.19. The Bertz CT molecular complexity index is 370. The van der Waals surface area contributed by atoms with Crippen LogP contribution < -0.4 is 0 Å². The Morgan fingerprint density at radius 3 is 2.92 bits per heavy atom. The predicted octanol–water partition coefficient (Wildman–Crippen LogP) is 1.96. The molecule has 0 amide bonds. The van der Waals surface area contributed by atoms with Crippen molar-refractivity contribution in [2.45, 2.75) is 6.42 Å². The molecule has 1 aromatic rings. The van der Waals surface area contributed by atoms with E-state index in [1.807, 2.05) is 0 Å². The maximum atomic E-state index is 10.5. The van der Waals surface area contributed by atoms with Gasteiger partial charge in [0.05, 0.1) is 5.69 Å². The van der Waals surface area contributed by atoms with Gasteiger partial charge in [-0.1, -0.05) is 12.1 Å². The second kappa shape index (κ2) is 4.55. The molecule has 0 aliphatic heterocycles. The van der Waals surface area contributed by atoms with Crippen molar-refractivity contribution in [1.29, 1.82) is 0 Å². The normalized spacial score (nSPS) is 9.00. The molecule has 0 heterocycles. The predicted molar refractivity (Wildman–Crippen MR) is 48.8 cm³/mol. The summed E-state index contributed by atoms with van der Waals surface area (Å²) in [5.74, 6) is 0. The van der Waals surface area contributed by atoms with Gasteiger partial charge in [0.2, 0.25) is 11.3 Å². The summed E-state index contributed by atoms with van der Waals surface area (Å²) in [5, 5.41) is -0.438. The first-order valence-electron chi connectivity index (χ1n) is 3.57. The van der Waals surface area contributed by atoms with E-state index in [4.69, 9.17) is 11.6 Å². The van der Waals surface area contributed by atoms with Gasteiger partial charge in [-0.05, 0) is 29.3 Å². The van der Waals surface area contributed by atoms with Crippen LogP contribution in [0.15, 0.2) is 29.3 Å². The molecule has 0 N–H and O–H groups in total. The van der Waals surface area contributed by atoms with Gasteiger partial charge in [0.25, 0.3) is 0 Å². The van der Waals surface area contributed by atoms with E-state index >= 15 is 0 Å². The number of hydrogen-bond donors (Lipinski definition) is 0. The van der Waals surface area contributed by atoms with Crippen LogP contribution in [0.25, 0.3) is 0 Å². The Morgan fingerprint density at radius 1 is 1.54 bits per heavy atom. The van der Waals surface area contributed by atoms with E-state index in [0.29, 0.717) is 5.69 Å². The Hall–Kier alpha value is -1.44. The highest BCUT2D eigenvalue weighted by atomic mass is 35.5. The number of halogens is 1. The molecule has 13 heavy (non-hydrogen) atoms. The van der Waals surface area contributed by atoms with Crippen molar-refractivity contribution in [3.8, 4) is 0 Å². The molecule has 0 bridgehead atoms. The zero-order valence-electron chi connectivity index (χ0n) is 6.66.